The molecule has 0 bridgehead atoms. The summed E-state index contributed by atoms with van der Waals surface area (Å²) in [6.45, 7) is 0. The van der Waals surface area contributed by atoms with Crippen molar-refractivity contribution in [2.24, 2.45) is 0 Å². The summed E-state index contributed by atoms with van der Waals surface area (Å²) < 4.78 is 35.6. The molecule has 0 spiro atoms. The van der Waals surface area contributed by atoms with Crippen molar-refractivity contribution >= 4 is 22.5 Å². The predicted molar refractivity (Wildman–Crippen MR) is 107 cm³/mol. The van der Waals surface area contributed by atoms with Gasteiger partial charge in [0.2, 0.25) is 5.91 Å². The summed E-state index contributed by atoms with van der Waals surface area (Å²) in [6, 6.07) is 12.6. The minimum atomic E-state index is -3.66. The average molecular weight is 410 g/mol. The molecule has 7 heteroatoms. The van der Waals surface area contributed by atoms with E-state index in [1.807, 2.05) is 18.2 Å². The molecule has 30 heavy (non-hydrogen) atoms. The molecular weight excluding hydrogens is 390 g/mol. The lowest BCUT2D eigenvalue weighted by atomic mass is 9.83. The second-order valence-electron chi connectivity index (χ2n) is 8.52. The molecule has 3 aromatic rings. The number of aromatic nitrogens is 1. The Bertz CT molecular complexity index is 1180. The van der Waals surface area contributed by atoms with Gasteiger partial charge in [0.15, 0.2) is 11.5 Å². The standard InChI is InChI=1S/C23H20F2N2O3/c24-23(25)29-19-7-4-15(12-20(19)30-23)22(8-9-22)21(28)26-16-5-6-17-14(10-16)11-18(27-17)13-2-1-3-13/h4-7,10-13,27H,1-3,8-9H2,(H,26,28). The van der Waals surface area contributed by atoms with Crippen LogP contribution in [0.1, 0.15) is 49.3 Å². The van der Waals surface area contributed by atoms with Crippen LogP contribution in [-0.4, -0.2) is 17.2 Å². The van der Waals surface area contributed by atoms with E-state index in [0.29, 0.717) is 24.3 Å². The van der Waals surface area contributed by atoms with Crippen LogP contribution in [0.15, 0.2) is 42.5 Å². The Labute approximate surface area is 171 Å². The third-order valence-corrected chi connectivity index (χ3v) is 6.58. The molecule has 154 valence electrons. The van der Waals surface area contributed by atoms with Gasteiger partial charge in [-0.2, -0.15) is 0 Å². The van der Waals surface area contributed by atoms with Crippen molar-refractivity contribution < 1.29 is 23.0 Å². The molecular formula is C23H20F2N2O3. The molecule has 0 unspecified atom stereocenters. The summed E-state index contributed by atoms with van der Waals surface area (Å²) in [7, 11) is 0. The maximum Gasteiger partial charge on any atom is 0.586 e. The Morgan fingerprint density at radius 3 is 2.57 bits per heavy atom. The van der Waals surface area contributed by atoms with E-state index in [-0.39, 0.29) is 17.4 Å². The van der Waals surface area contributed by atoms with Gasteiger partial charge in [-0.25, -0.2) is 0 Å². The lowest BCUT2D eigenvalue weighted by Crippen LogP contribution is -2.27. The van der Waals surface area contributed by atoms with E-state index in [1.54, 1.807) is 6.07 Å². The number of carbonyl (C=O) groups excluding carboxylic acids is 1. The minimum absolute atomic E-state index is 0.0138. The molecule has 3 aliphatic rings. The normalized spacial score (nSPS) is 20.7. The molecule has 2 aromatic carbocycles. The van der Waals surface area contributed by atoms with Crippen molar-refractivity contribution in [3.63, 3.8) is 0 Å². The van der Waals surface area contributed by atoms with Crippen LogP contribution in [0.25, 0.3) is 10.9 Å². The number of carbonyl (C=O) groups is 1. The number of ether oxygens (including phenoxy) is 2. The number of alkyl halides is 2. The van der Waals surface area contributed by atoms with Gasteiger partial charge >= 0.3 is 6.29 Å². The van der Waals surface area contributed by atoms with Crippen molar-refractivity contribution in [1.29, 1.82) is 0 Å². The number of aromatic amines is 1. The third kappa shape index (κ3) is 2.75. The van der Waals surface area contributed by atoms with E-state index in [2.05, 4.69) is 25.8 Å². The zero-order valence-corrected chi connectivity index (χ0v) is 16.1. The van der Waals surface area contributed by atoms with Crippen molar-refractivity contribution in [3.05, 3.63) is 53.7 Å². The first-order valence-corrected chi connectivity index (χ1v) is 10.3. The van der Waals surface area contributed by atoms with Crippen LogP contribution in [0.3, 0.4) is 0 Å². The largest absolute Gasteiger partial charge is 0.586 e. The van der Waals surface area contributed by atoms with Gasteiger partial charge in [-0.3, -0.25) is 4.79 Å². The number of halogens is 2. The summed E-state index contributed by atoms with van der Waals surface area (Å²) >= 11 is 0. The lowest BCUT2D eigenvalue weighted by molar-refractivity contribution is -0.286. The van der Waals surface area contributed by atoms with Crippen molar-refractivity contribution in [2.45, 2.75) is 49.7 Å². The van der Waals surface area contributed by atoms with Crippen molar-refractivity contribution in [2.75, 3.05) is 5.32 Å². The van der Waals surface area contributed by atoms with Gasteiger partial charge in [-0.15, -0.1) is 8.78 Å². The first kappa shape index (κ1) is 17.7. The topological polar surface area (TPSA) is 63.4 Å². The Morgan fingerprint density at radius 1 is 1.03 bits per heavy atom. The first-order valence-electron chi connectivity index (χ1n) is 10.3. The number of fused-ring (bicyclic) bond motifs is 2. The molecule has 1 aliphatic heterocycles. The van der Waals surface area contributed by atoms with E-state index in [9.17, 15) is 13.6 Å². The highest BCUT2D eigenvalue weighted by Crippen LogP contribution is 2.52. The molecule has 5 nitrogen and oxygen atoms in total. The predicted octanol–water partition coefficient (Wildman–Crippen LogP) is 5.43. The summed E-state index contributed by atoms with van der Waals surface area (Å²) in [5.41, 5.74) is 2.99. The molecule has 2 N–H and O–H groups in total. The summed E-state index contributed by atoms with van der Waals surface area (Å²) in [5.74, 6) is 0.430. The number of benzene rings is 2. The second kappa shape index (κ2) is 5.97. The smallest absolute Gasteiger partial charge is 0.395 e. The van der Waals surface area contributed by atoms with Gasteiger partial charge in [-0.1, -0.05) is 12.5 Å². The Morgan fingerprint density at radius 2 is 1.83 bits per heavy atom. The lowest BCUT2D eigenvalue weighted by Gasteiger charge is -2.23. The molecule has 2 aliphatic carbocycles. The number of hydrogen-bond donors (Lipinski definition) is 2. The van der Waals surface area contributed by atoms with Crippen LogP contribution in [0.2, 0.25) is 0 Å². The second-order valence-corrected chi connectivity index (χ2v) is 8.52. The van der Waals surface area contributed by atoms with Crippen LogP contribution in [0.5, 0.6) is 11.5 Å². The molecule has 0 radical (unpaired) electrons. The molecule has 0 atom stereocenters. The Balaban J connectivity index is 1.24. The number of rotatable bonds is 4. The van der Waals surface area contributed by atoms with Crippen LogP contribution in [0.4, 0.5) is 14.5 Å². The highest BCUT2D eigenvalue weighted by Gasteiger charge is 2.52. The fourth-order valence-corrected chi connectivity index (χ4v) is 4.44. The highest BCUT2D eigenvalue weighted by atomic mass is 19.3. The summed E-state index contributed by atoms with van der Waals surface area (Å²) in [6.07, 6.45) is 1.38. The van der Waals surface area contributed by atoms with Gasteiger partial charge in [0.05, 0.1) is 5.41 Å². The quantitative estimate of drug-likeness (QED) is 0.603. The van der Waals surface area contributed by atoms with E-state index in [4.69, 9.17) is 0 Å². The van der Waals surface area contributed by atoms with Crippen LogP contribution >= 0.6 is 0 Å². The monoisotopic (exact) mass is 410 g/mol. The summed E-state index contributed by atoms with van der Waals surface area (Å²) in [4.78, 5) is 16.6. The third-order valence-electron chi connectivity index (χ3n) is 6.58. The zero-order chi connectivity index (χ0) is 20.5. The Kier molecular flexibility index (Phi) is 3.53. The van der Waals surface area contributed by atoms with E-state index in [1.165, 1.54) is 37.1 Å². The molecule has 6 rings (SSSR count). The number of amides is 1. The fraction of sp³-hybridized carbons (Fsp3) is 0.348. The number of hydrogen-bond acceptors (Lipinski definition) is 3. The minimum Gasteiger partial charge on any atom is -0.395 e. The van der Waals surface area contributed by atoms with Crippen molar-refractivity contribution in [3.8, 4) is 11.5 Å². The maximum atomic E-state index is 13.3. The molecule has 1 aromatic heterocycles. The number of H-pyrrole nitrogens is 1. The van der Waals surface area contributed by atoms with Gasteiger partial charge < -0.3 is 19.8 Å². The molecule has 2 saturated carbocycles. The van der Waals surface area contributed by atoms with Crippen LogP contribution in [-0.2, 0) is 10.2 Å². The molecule has 2 fully saturated rings. The van der Waals surface area contributed by atoms with E-state index < -0.39 is 11.7 Å². The van der Waals surface area contributed by atoms with E-state index in [0.717, 1.165) is 16.6 Å². The van der Waals surface area contributed by atoms with Crippen LogP contribution < -0.4 is 14.8 Å². The van der Waals surface area contributed by atoms with Crippen molar-refractivity contribution in [1.82, 2.24) is 4.98 Å². The average Bonchev–Trinajstić information content (AvgIpc) is 3.27. The SMILES string of the molecule is O=C(Nc1ccc2[nH]c(C3CCC3)cc2c1)C1(c2ccc3c(c2)OC(F)(F)O3)CC1. The first-order chi connectivity index (χ1) is 14.4. The van der Waals surface area contributed by atoms with Gasteiger partial charge in [-0.05, 0) is 73.6 Å². The van der Waals surface area contributed by atoms with Gasteiger partial charge in [0, 0.05) is 22.3 Å². The van der Waals surface area contributed by atoms with Gasteiger partial charge in [0.25, 0.3) is 0 Å². The number of nitrogens with one attached hydrogen (secondary N) is 2. The molecule has 1 amide bonds. The fourth-order valence-electron chi connectivity index (χ4n) is 4.44. The Hall–Kier alpha value is -3.09. The summed E-state index contributed by atoms with van der Waals surface area (Å²) in [5, 5.41) is 4.09. The van der Waals surface area contributed by atoms with Gasteiger partial charge in [0.1, 0.15) is 0 Å². The van der Waals surface area contributed by atoms with E-state index >= 15 is 0 Å². The number of anilines is 1. The van der Waals surface area contributed by atoms with Crippen LogP contribution in [0, 0.1) is 0 Å². The maximum absolute atomic E-state index is 13.3. The highest BCUT2D eigenvalue weighted by molar-refractivity contribution is 6.02. The molecule has 2 heterocycles. The zero-order valence-electron chi connectivity index (χ0n) is 16.1. The molecule has 0 saturated heterocycles.